The molecule has 0 bridgehead atoms. The van der Waals surface area contributed by atoms with Gasteiger partial charge in [0.05, 0.1) is 0 Å². The molecule has 1 unspecified atom stereocenters. The summed E-state index contributed by atoms with van der Waals surface area (Å²) in [5, 5.41) is 2.69. The van der Waals surface area contributed by atoms with Crippen molar-refractivity contribution in [1.29, 1.82) is 0 Å². The minimum atomic E-state index is 0.274. The third-order valence-corrected chi connectivity index (χ3v) is 6.64. The summed E-state index contributed by atoms with van der Waals surface area (Å²) in [6, 6.07) is 12.1. The molecule has 0 aliphatic rings. The zero-order valence-electron chi connectivity index (χ0n) is 18.7. The molecule has 0 saturated heterocycles. The molecule has 0 heterocycles. The quantitative estimate of drug-likeness (QED) is 0.443. The number of ether oxygens (including phenoxy) is 2. The van der Waals surface area contributed by atoms with E-state index in [9.17, 15) is 0 Å². The van der Waals surface area contributed by atoms with E-state index in [0.717, 1.165) is 12.3 Å². The maximum absolute atomic E-state index is 5.96. The summed E-state index contributed by atoms with van der Waals surface area (Å²) in [6.45, 7) is 16.8. The van der Waals surface area contributed by atoms with Gasteiger partial charge in [-0.15, -0.1) is 0 Å². The highest BCUT2D eigenvalue weighted by atomic mass is 31.1. The van der Waals surface area contributed by atoms with Crippen LogP contribution < -0.4 is 15.3 Å². The summed E-state index contributed by atoms with van der Waals surface area (Å²) in [4.78, 5) is 2.55. The third kappa shape index (κ3) is 5.80. The van der Waals surface area contributed by atoms with Crippen molar-refractivity contribution in [2.75, 3.05) is 13.9 Å². The van der Waals surface area contributed by atoms with Gasteiger partial charge in [-0.1, -0.05) is 32.8 Å². The lowest BCUT2D eigenvalue weighted by Gasteiger charge is -2.31. The average Bonchev–Trinajstić information content (AvgIpc) is 2.60. The van der Waals surface area contributed by atoms with Gasteiger partial charge in [-0.2, -0.15) is 0 Å². The van der Waals surface area contributed by atoms with Gasteiger partial charge in [0.2, 0.25) is 0 Å². The van der Waals surface area contributed by atoms with Crippen molar-refractivity contribution >= 4 is 19.2 Å². The minimum Gasteiger partial charge on any atom is -0.467 e. The molecule has 28 heavy (non-hydrogen) atoms. The molecule has 0 radical (unpaired) electrons. The Hall–Kier alpha value is -1.41. The second kappa shape index (κ2) is 10.4. The van der Waals surface area contributed by atoms with Gasteiger partial charge in [0.1, 0.15) is 5.75 Å². The van der Waals surface area contributed by atoms with Crippen LogP contribution in [0.2, 0.25) is 0 Å². The van der Waals surface area contributed by atoms with Crippen LogP contribution in [-0.2, 0) is 11.3 Å². The Labute approximate surface area is 173 Å². The number of rotatable bonds is 9. The second-order valence-electron chi connectivity index (χ2n) is 8.10. The number of nitrogens with zero attached hydrogens (tertiary/aromatic N) is 1. The third-order valence-electron chi connectivity index (χ3n) is 5.04. The Bertz CT molecular complexity index is 778. The van der Waals surface area contributed by atoms with E-state index >= 15 is 0 Å². The largest absolute Gasteiger partial charge is 0.467 e. The number of aryl methyl sites for hydroxylation is 3. The molecular weight excluding hydrogens is 365 g/mol. The van der Waals surface area contributed by atoms with Crippen LogP contribution in [0, 0.1) is 20.8 Å². The fourth-order valence-electron chi connectivity index (χ4n) is 3.69. The van der Waals surface area contributed by atoms with E-state index in [0.29, 0.717) is 20.7 Å². The van der Waals surface area contributed by atoms with Crippen molar-refractivity contribution in [3.63, 3.8) is 0 Å². The van der Waals surface area contributed by atoms with E-state index in [1.165, 1.54) is 32.9 Å². The molecule has 2 aromatic carbocycles. The van der Waals surface area contributed by atoms with Crippen LogP contribution in [0.25, 0.3) is 0 Å². The molecule has 154 valence electrons. The standard InChI is InChI=1S/C24H36NO2P/c1-16(2)25(17(3)4)14-21-11-9-10-19(6)24(21)28-22-13-18(5)12-20(7)23(22)27-15-26-8/h9-13,16-17,28H,14-15H2,1-8H3. The number of hydrogen-bond acceptors (Lipinski definition) is 3. The van der Waals surface area contributed by atoms with Gasteiger partial charge >= 0.3 is 0 Å². The van der Waals surface area contributed by atoms with E-state index < -0.39 is 0 Å². The maximum atomic E-state index is 5.96. The molecule has 0 saturated carbocycles. The van der Waals surface area contributed by atoms with Gasteiger partial charge in [0.15, 0.2) is 6.79 Å². The molecule has 0 fully saturated rings. The molecule has 0 aliphatic heterocycles. The fourth-order valence-corrected chi connectivity index (χ4v) is 5.24. The predicted molar refractivity (Wildman–Crippen MR) is 123 cm³/mol. The summed E-state index contributed by atoms with van der Waals surface area (Å²) in [5.41, 5.74) is 5.20. The highest BCUT2D eigenvalue weighted by Crippen LogP contribution is 2.27. The molecule has 3 nitrogen and oxygen atoms in total. The van der Waals surface area contributed by atoms with Crippen LogP contribution in [0.15, 0.2) is 30.3 Å². The normalized spacial score (nSPS) is 12.1. The summed E-state index contributed by atoms with van der Waals surface area (Å²) >= 11 is 0. The van der Waals surface area contributed by atoms with Gasteiger partial charge in [-0.3, -0.25) is 4.90 Å². The lowest BCUT2D eigenvalue weighted by atomic mass is 10.1. The molecule has 0 spiro atoms. The Morgan fingerprint density at radius 1 is 0.964 bits per heavy atom. The van der Waals surface area contributed by atoms with E-state index in [2.05, 4.69) is 83.7 Å². The first-order valence-corrected chi connectivity index (χ1v) is 11.1. The molecule has 0 aliphatic carbocycles. The number of methoxy groups -OCH3 is 1. The smallest absolute Gasteiger partial charge is 0.188 e. The molecule has 1 atom stereocenters. The molecule has 0 N–H and O–H groups in total. The van der Waals surface area contributed by atoms with Gasteiger partial charge < -0.3 is 9.47 Å². The maximum Gasteiger partial charge on any atom is 0.188 e. The van der Waals surface area contributed by atoms with Crippen LogP contribution in [-0.4, -0.2) is 30.9 Å². The van der Waals surface area contributed by atoms with Crippen molar-refractivity contribution in [1.82, 2.24) is 4.90 Å². The first-order chi connectivity index (χ1) is 13.2. The SMILES string of the molecule is COCOc1c(C)cc(C)cc1Pc1c(C)cccc1CN(C(C)C)C(C)C. The Morgan fingerprint density at radius 2 is 1.64 bits per heavy atom. The van der Waals surface area contributed by atoms with Gasteiger partial charge in [0.25, 0.3) is 0 Å². The van der Waals surface area contributed by atoms with Crippen LogP contribution in [0.4, 0.5) is 0 Å². The summed E-state index contributed by atoms with van der Waals surface area (Å²) in [6.07, 6.45) is 0. The van der Waals surface area contributed by atoms with E-state index in [-0.39, 0.29) is 6.79 Å². The highest BCUT2D eigenvalue weighted by molar-refractivity contribution is 7.56. The Morgan fingerprint density at radius 3 is 2.25 bits per heavy atom. The van der Waals surface area contributed by atoms with E-state index in [1.54, 1.807) is 7.11 Å². The van der Waals surface area contributed by atoms with Gasteiger partial charge in [-0.05, 0) is 82.1 Å². The topological polar surface area (TPSA) is 21.7 Å². The second-order valence-corrected chi connectivity index (χ2v) is 9.39. The van der Waals surface area contributed by atoms with Crippen LogP contribution >= 0.6 is 8.58 Å². The first kappa shape index (κ1) is 22.9. The molecule has 4 heteroatoms. The number of benzene rings is 2. The summed E-state index contributed by atoms with van der Waals surface area (Å²) in [7, 11) is 2.22. The van der Waals surface area contributed by atoms with Crippen molar-refractivity contribution in [3.05, 3.63) is 52.6 Å². The Balaban J connectivity index is 2.44. The monoisotopic (exact) mass is 401 g/mol. The van der Waals surface area contributed by atoms with Crippen molar-refractivity contribution in [2.45, 2.75) is 67.1 Å². The number of hydrogen-bond donors (Lipinski definition) is 0. The predicted octanol–water partition coefficient (Wildman–Crippen LogP) is 4.84. The van der Waals surface area contributed by atoms with Crippen LogP contribution in [0.1, 0.15) is 49.9 Å². The van der Waals surface area contributed by atoms with Gasteiger partial charge in [-0.25, -0.2) is 0 Å². The molecular formula is C24H36NO2P. The average molecular weight is 402 g/mol. The lowest BCUT2D eigenvalue weighted by Crippen LogP contribution is -2.37. The lowest BCUT2D eigenvalue weighted by molar-refractivity contribution is 0.0514. The van der Waals surface area contributed by atoms with Crippen LogP contribution in [0.3, 0.4) is 0 Å². The zero-order valence-corrected chi connectivity index (χ0v) is 19.7. The van der Waals surface area contributed by atoms with E-state index in [1.807, 2.05) is 0 Å². The minimum absolute atomic E-state index is 0.274. The highest BCUT2D eigenvalue weighted by Gasteiger charge is 2.18. The van der Waals surface area contributed by atoms with Crippen molar-refractivity contribution in [2.24, 2.45) is 0 Å². The Kier molecular flexibility index (Phi) is 8.49. The summed E-state index contributed by atoms with van der Waals surface area (Å²) in [5.74, 6) is 0.963. The zero-order chi connectivity index (χ0) is 20.8. The molecule has 0 amide bonds. The first-order valence-electron chi connectivity index (χ1n) is 10.1. The fraction of sp³-hybridized carbons (Fsp3) is 0.500. The van der Waals surface area contributed by atoms with Crippen LogP contribution in [0.5, 0.6) is 5.75 Å². The van der Waals surface area contributed by atoms with E-state index in [4.69, 9.17) is 9.47 Å². The molecule has 0 aromatic heterocycles. The van der Waals surface area contributed by atoms with Crippen molar-refractivity contribution < 1.29 is 9.47 Å². The van der Waals surface area contributed by atoms with Crippen molar-refractivity contribution in [3.8, 4) is 5.75 Å². The molecule has 2 rings (SSSR count). The van der Waals surface area contributed by atoms with Gasteiger partial charge in [0, 0.05) is 31.0 Å². The molecule has 2 aromatic rings. The summed E-state index contributed by atoms with van der Waals surface area (Å²) < 4.78 is 11.1.